The molecular formula is C21H32INO2. The van der Waals surface area contributed by atoms with Crippen LogP contribution in [0.4, 0.5) is 0 Å². The molecule has 2 saturated carbocycles. The Balaban J connectivity index is 1.94. The second-order valence-electron chi connectivity index (χ2n) is 9.25. The van der Waals surface area contributed by atoms with E-state index in [1.807, 2.05) is 0 Å². The van der Waals surface area contributed by atoms with E-state index in [-0.39, 0.29) is 16.7 Å². The Morgan fingerprint density at radius 1 is 1.28 bits per heavy atom. The lowest BCUT2D eigenvalue weighted by Crippen LogP contribution is -2.57. The Bertz CT molecular complexity index is 599. The number of nitrogens with one attached hydrogen (secondary N) is 1. The number of allylic oxidation sites excluding steroid dienone is 2. The first kappa shape index (κ1) is 19.4. The molecule has 1 N–H and O–H groups in total. The number of hydrogen-bond donors (Lipinski definition) is 1. The molecular weight excluding hydrogens is 425 g/mol. The highest BCUT2D eigenvalue weighted by Gasteiger charge is 2.58. The molecule has 0 aromatic heterocycles. The van der Waals surface area contributed by atoms with Gasteiger partial charge in [-0.25, -0.2) is 0 Å². The summed E-state index contributed by atoms with van der Waals surface area (Å²) < 4.78 is 0.345. The smallest absolute Gasteiger partial charge is 0.226 e. The second kappa shape index (κ2) is 6.65. The van der Waals surface area contributed by atoms with Crippen molar-refractivity contribution in [1.29, 1.82) is 0 Å². The van der Waals surface area contributed by atoms with Crippen molar-refractivity contribution in [2.45, 2.75) is 82.1 Å². The SMILES string of the molecule is C[C@@H](C=O)NC(=O)[C@]1(C)CCC[C@@]2(C)C3=CCC[C@](C)(I)C3CCC12. The van der Waals surface area contributed by atoms with Crippen LogP contribution in [0.25, 0.3) is 0 Å². The molecule has 3 rings (SSSR count). The van der Waals surface area contributed by atoms with Crippen molar-refractivity contribution in [2.24, 2.45) is 22.7 Å². The molecule has 0 aliphatic heterocycles. The number of alkyl halides is 1. The van der Waals surface area contributed by atoms with Crippen LogP contribution in [0.1, 0.15) is 72.6 Å². The van der Waals surface area contributed by atoms with E-state index in [2.05, 4.69) is 54.8 Å². The van der Waals surface area contributed by atoms with E-state index < -0.39 is 6.04 Å². The van der Waals surface area contributed by atoms with E-state index in [9.17, 15) is 9.59 Å². The number of halogens is 1. The summed E-state index contributed by atoms with van der Waals surface area (Å²) in [7, 11) is 0. The number of aldehydes is 1. The molecule has 25 heavy (non-hydrogen) atoms. The first-order valence-electron chi connectivity index (χ1n) is 9.81. The Kier molecular flexibility index (Phi) is 5.15. The minimum Gasteiger partial charge on any atom is -0.346 e. The van der Waals surface area contributed by atoms with Gasteiger partial charge >= 0.3 is 0 Å². The van der Waals surface area contributed by atoms with Gasteiger partial charge in [0.25, 0.3) is 0 Å². The van der Waals surface area contributed by atoms with Crippen LogP contribution in [0.3, 0.4) is 0 Å². The van der Waals surface area contributed by atoms with Crippen LogP contribution in [0.2, 0.25) is 0 Å². The van der Waals surface area contributed by atoms with Gasteiger partial charge in [0.15, 0.2) is 0 Å². The highest BCUT2D eigenvalue weighted by atomic mass is 127. The van der Waals surface area contributed by atoms with Gasteiger partial charge in [0.1, 0.15) is 6.29 Å². The highest BCUT2D eigenvalue weighted by Crippen LogP contribution is 2.64. The van der Waals surface area contributed by atoms with Crippen LogP contribution in [0.5, 0.6) is 0 Å². The number of amides is 1. The zero-order valence-electron chi connectivity index (χ0n) is 16.0. The number of hydrogen-bond acceptors (Lipinski definition) is 2. The van der Waals surface area contributed by atoms with Crippen molar-refractivity contribution in [3.8, 4) is 0 Å². The van der Waals surface area contributed by atoms with Gasteiger partial charge < -0.3 is 10.1 Å². The standard InChI is InChI=1S/C21H32INO2/c1-14(13-24)23-18(25)20(3)11-6-10-19(2)15-7-5-12-21(4,22)16(15)8-9-17(19)20/h7,13-14,16-17H,5-6,8-12H2,1-4H3,(H,23,25)/t14-,16?,17?,19-,20+,21-/m0/s1. The first-order chi connectivity index (χ1) is 11.6. The van der Waals surface area contributed by atoms with E-state index in [0.29, 0.717) is 15.3 Å². The Morgan fingerprint density at radius 2 is 2.00 bits per heavy atom. The van der Waals surface area contributed by atoms with Gasteiger partial charge in [0.2, 0.25) is 5.91 Å². The van der Waals surface area contributed by atoms with E-state index in [0.717, 1.165) is 25.5 Å². The number of carbonyl (C=O) groups is 2. The Labute approximate surface area is 165 Å². The molecule has 1 amide bonds. The van der Waals surface area contributed by atoms with Gasteiger partial charge in [-0.05, 0) is 69.6 Å². The van der Waals surface area contributed by atoms with Gasteiger partial charge in [0, 0.05) is 3.42 Å². The number of fused-ring (bicyclic) bond motifs is 3. The zero-order chi connectivity index (χ0) is 18.5. The summed E-state index contributed by atoms with van der Waals surface area (Å²) in [5, 5.41) is 2.95. The van der Waals surface area contributed by atoms with E-state index in [4.69, 9.17) is 0 Å². The summed E-state index contributed by atoms with van der Waals surface area (Å²) >= 11 is 2.68. The first-order valence-corrected chi connectivity index (χ1v) is 10.9. The monoisotopic (exact) mass is 457 g/mol. The third-order valence-corrected chi connectivity index (χ3v) is 8.81. The van der Waals surface area contributed by atoms with Crippen molar-refractivity contribution in [3.63, 3.8) is 0 Å². The minimum absolute atomic E-state index is 0.0788. The van der Waals surface area contributed by atoms with Crippen LogP contribution in [-0.4, -0.2) is 21.7 Å². The molecule has 0 bridgehead atoms. The summed E-state index contributed by atoms with van der Waals surface area (Å²) in [6.45, 7) is 8.74. The molecule has 0 heterocycles. The molecule has 0 radical (unpaired) electrons. The summed E-state index contributed by atoms with van der Waals surface area (Å²) in [6, 6.07) is -0.402. The van der Waals surface area contributed by atoms with Crippen LogP contribution < -0.4 is 5.32 Å². The van der Waals surface area contributed by atoms with Gasteiger partial charge in [-0.2, -0.15) is 0 Å². The lowest BCUT2D eigenvalue weighted by atomic mass is 9.46. The Morgan fingerprint density at radius 3 is 2.68 bits per heavy atom. The van der Waals surface area contributed by atoms with Crippen molar-refractivity contribution in [1.82, 2.24) is 5.32 Å². The summed E-state index contributed by atoms with van der Waals surface area (Å²) in [6.07, 6.45) is 11.3. The van der Waals surface area contributed by atoms with E-state index in [1.165, 1.54) is 25.7 Å². The average molecular weight is 457 g/mol. The van der Waals surface area contributed by atoms with Crippen molar-refractivity contribution in [2.75, 3.05) is 0 Å². The molecule has 3 nitrogen and oxygen atoms in total. The van der Waals surface area contributed by atoms with Crippen LogP contribution in [0, 0.1) is 22.7 Å². The lowest BCUT2D eigenvalue weighted by Gasteiger charge is -2.59. The van der Waals surface area contributed by atoms with Gasteiger partial charge in [-0.1, -0.05) is 54.5 Å². The molecule has 3 aliphatic rings. The molecule has 0 spiro atoms. The maximum Gasteiger partial charge on any atom is 0.226 e. The molecule has 0 aromatic rings. The van der Waals surface area contributed by atoms with E-state index in [1.54, 1.807) is 12.5 Å². The molecule has 140 valence electrons. The summed E-state index contributed by atoms with van der Waals surface area (Å²) in [5.41, 5.74) is 1.40. The largest absolute Gasteiger partial charge is 0.346 e. The van der Waals surface area contributed by atoms with Gasteiger partial charge in [0.05, 0.1) is 11.5 Å². The summed E-state index contributed by atoms with van der Waals surface area (Å²) in [5.74, 6) is 1.11. The fraction of sp³-hybridized carbons (Fsp3) is 0.810. The van der Waals surface area contributed by atoms with E-state index >= 15 is 0 Å². The molecule has 2 fully saturated rings. The van der Waals surface area contributed by atoms with Crippen molar-refractivity contribution < 1.29 is 9.59 Å². The maximum atomic E-state index is 13.1. The van der Waals surface area contributed by atoms with Crippen LogP contribution >= 0.6 is 22.6 Å². The molecule has 6 atom stereocenters. The maximum absolute atomic E-state index is 13.1. The number of rotatable bonds is 3. The molecule has 3 aliphatic carbocycles. The third-order valence-electron chi connectivity index (χ3n) is 7.51. The molecule has 4 heteroatoms. The fourth-order valence-corrected chi connectivity index (χ4v) is 7.06. The van der Waals surface area contributed by atoms with Crippen molar-refractivity contribution >= 4 is 34.8 Å². The minimum atomic E-state index is -0.402. The van der Waals surface area contributed by atoms with Gasteiger partial charge in [-0.3, -0.25) is 4.79 Å². The lowest BCUT2D eigenvalue weighted by molar-refractivity contribution is -0.143. The summed E-state index contributed by atoms with van der Waals surface area (Å²) in [4.78, 5) is 24.1. The normalized spacial score (nSPS) is 44.8. The number of carbonyl (C=O) groups excluding carboxylic acids is 2. The molecule has 0 saturated heterocycles. The van der Waals surface area contributed by atoms with Crippen LogP contribution in [-0.2, 0) is 9.59 Å². The topological polar surface area (TPSA) is 46.2 Å². The fourth-order valence-electron chi connectivity index (χ4n) is 6.11. The second-order valence-corrected chi connectivity index (χ2v) is 11.7. The zero-order valence-corrected chi connectivity index (χ0v) is 18.2. The quantitative estimate of drug-likeness (QED) is 0.286. The van der Waals surface area contributed by atoms with Gasteiger partial charge in [-0.15, -0.1) is 0 Å². The highest BCUT2D eigenvalue weighted by molar-refractivity contribution is 14.1. The van der Waals surface area contributed by atoms with Crippen molar-refractivity contribution in [3.05, 3.63) is 11.6 Å². The van der Waals surface area contributed by atoms with Crippen LogP contribution in [0.15, 0.2) is 11.6 Å². The predicted molar refractivity (Wildman–Crippen MR) is 110 cm³/mol. The molecule has 0 aromatic carbocycles. The Hall–Kier alpha value is -0.390. The predicted octanol–water partition coefficient (Wildman–Crippen LogP) is 4.83. The third kappa shape index (κ3) is 3.10. The molecule has 2 unspecified atom stereocenters. The average Bonchev–Trinajstić information content (AvgIpc) is 2.54.